The number of aryl methyl sites for hydroxylation is 1. The van der Waals surface area contributed by atoms with E-state index in [0.29, 0.717) is 52.3 Å². The zero-order chi connectivity index (χ0) is 98.1. The molecule has 34 heteroatoms. The lowest BCUT2D eigenvalue weighted by atomic mass is 9.89. The van der Waals surface area contributed by atoms with E-state index in [4.69, 9.17) is 72.6 Å². The van der Waals surface area contributed by atoms with Crippen LogP contribution in [0.2, 0.25) is 0 Å². The van der Waals surface area contributed by atoms with Gasteiger partial charge in [0.2, 0.25) is 0 Å². The van der Waals surface area contributed by atoms with Crippen LogP contribution in [0.3, 0.4) is 0 Å². The van der Waals surface area contributed by atoms with Gasteiger partial charge in [0, 0.05) is 132 Å². The standard InChI is InChI=1S/C28H24BrN3O3S.C27H20BrN3O3S.C26H19Br2N3O2S.C26H19BrN4O4S/c1-15-12-19(35-3)9-11-23(15)32-27(33)24-14-21-20-13-17(29)6-10-22(20)30-25(21)26(31(24)28(32)36)16-4-7-18(34-2)8-5-16;1-34-18-10-7-15(8-11-18)24-23-20(19-13-17(28)9-12-21(19)29-23)14-22-26(33)31(27(35)30(22)24)25(32)16-5-3-2-4-6-16;1-33-18-8-5-14(6-9-18)24-23-20(19-12-16(28)7-10-21(19)29-23)13-22-25(32)30(26(34)31(22)24)17-4-2-3-15(27)11-17;1-35-18-9-2-14(3-10-18)24-23-20(19-12-15(27)4-11-21(19)28-23)13-22-25(32)29(26(36)30(22)24)16-5-7-17(8-6-16)31(33)34/h4-13,24,26,30H,14H2,1-3H3;2-13,22,24,29H,14H2,1H3;2-12,22,24,29H,13H2,1H3;2-12,22,24,28H,13H2,1H3. The number of nitrogens with one attached hydrogen (secondary N) is 4. The SMILES string of the molecule is COc1ccc(C2c3[nH]c4ccc(Br)cc4c3CC3C(=O)N(C(=O)c4ccccc4)C(=S)N32)cc1.COc1ccc(C2c3[nH]c4ccc(Br)cc4c3CC3C(=O)N(c4ccc(OC)cc4C)C(=S)N32)cc1.COc1ccc(C2c3[nH]c4ccc(Br)cc4c3CC3C(=O)N(c4ccc([N+](=O)[O-])cc4)C(=S)N32)cc1.COc1ccc(C2c3[nH]c4ccc(Br)cc4c3CC3C(=O)N(c4cccc(Br)c4)C(=S)N32)cc1. The van der Waals surface area contributed by atoms with E-state index in [1.807, 2.05) is 199 Å². The Kier molecular flexibility index (Phi) is 25.3. The van der Waals surface area contributed by atoms with E-state index >= 15 is 0 Å². The molecule has 12 heterocycles. The second kappa shape index (κ2) is 37.9. The number of hydrogen-bond donors (Lipinski definition) is 4. The van der Waals surface area contributed by atoms with Crippen LogP contribution >= 0.6 is 129 Å². The normalized spacial score (nSPS) is 19.1. The number of nitro benzene ring substituents is 1. The van der Waals surface area contributed by atoms with Crippen LogP contribution < -0.4 is 38.4 Å². The lowest BCUT2D eigenvalue weighted by molar-refractivity contribution is -0.384. The van der Waals surface area contributed by atoms with Crippen molar-refractivity contribution in [1.29, 1.82) is 0 Å². The number of ether oxygens (including phenoxy) is 5. The second-order valence-corrected chi connectivity index (χ2v) is 41.0. The summed E-state index contributed by atoms with van der Waals surface area (Å²) in [6, 6.07) is 81.2. The summed E-state index contributed by atoms with van der Waals surface area (Å²) in [5.41, 5.74) is 20.0. The molecule has 8 aliphatic heterocycles. The molecule has 4 aromatic heterocycles. The molecule has 706 valence electrons. The summed E-state index contributed by atoms with van der Waals surface area (Å²) in [7, 11) is 8.19. The van der Waals surface area contributed by atoms with Crippen LogP contribution in [0.5, 0.6) is 28.7 Å². The highest BCUT2D eigenvalue weighted by molar-refractivity contribution is 9.11. The van der Waals surface area contributed by atoms with Gasteiger partial charge in [0.1, 0.15) is 52.9 Å². The van der Waals surface area contributed by atoms with Crippen molar-refractivity contribution >= 4 is 245 Å². The molecule has 0 spiro atoms. The summed E-state index contributed by atoms with van der Waals surface area (Å²) in [4.78, 5) is 108. The Labute approximate surface area is 871 Å². The molecule has 24 rings (SSSR count). The van der Waals surface area contributed by atoms with Crippen molar-refractivity contribution in [2.24, 2.45) is 0 Å². The van der Waals surface area contributed by atoms with Gasteiger partial charge in [0.05, 0.1) is 81.7 Å². The van der Waals surface area contributed by atoms with E-state index in [1.54, 1.807) is 81.7 Å². The van der Waals surface area contributed by atoms with Gasteiger partial charge in [-0.2, -0.15) is 0 Å². The van der Waals surface area contributed by atoms with Crippen LogP contribution in [0.15, 0.2) is 289 Å². The average molecular weight is 2270 g/mol. The maximum Gasteiger partial charge on any atom is 0.269 e. The number of non-ortho nitro benzene ring substituents is 1. The van der Waals surface area contributed by atoms with Gasteiger partial charge < -0.3 is 63.2 Å². The molecule has 5 amide bonds. The molecule has 8 atom stereocenters. The van der Waals surface area contributed by atoms with Crippen LogP contribution in [0.25, 0.3) is 43.6 Å². The maximum atomic E-state index is 14.0. The molecule has 25 nitrogen and oxygen atoms in total. The van der Waals surface area contributed by atoms with E-state index in [0.717, 1.165) is 184 Å². The van der Waals surface area contributed by atoms with Crippen LogP contribution in [-0.2, 0) is 44.9 Å². The quantitative estimate of drug-likeness (QED) is 0.0341. The minimum Gasteiger partial charge on any atom is -0.497 e. The fourth-order valence-electron chi connectivity index (χ4n) is 20.8. The number of methoxy groups -OCH3 is 5. The molecule has 0 bridgehead atoms. The summed E-state index contributed by atoms with van der Waals surface area (Å²) in [6.45, 7) is 1.97. The van der Waals surface area contributed by atoms with Crippen LogP contribution in [0.4, 0.5) is 22.7 Å². The van der Waals surface area contributed by atoms with Crippen molar-refractivity contribution in [3.05, 3.63) is 378 Å². The molecule has 0 aliphatic carbocycles. The Morgan fingerprint density at radius 1 is 0.348 bits per heavy atom. The number of amides is 5. The first kappa shape index (κ1) is 94.0. The molecule has 4 N–H and O–H groups in total. The van der Waals surface area contributed by atoms with Crippen LogP contribution in [0, 0.1) is 17.0 Å². The number of aromatic nitrogens is 4. The fraction of sp³-hybridized carbons (Fsp3) is 0.168. The van der Waals surface area contributed by atoms with Gasteiger partial charge in [-0.3, -0.25) is 48.8 Å². The van der Waals surface area contributed by atoms with E-state index < -0.39 is 29.0 Å². The predicted molar refractivity (Wildman–Crippen MR) is 576 cm³/mol. The molecule has 0 saturated carbocycles. The van der Waals surface area contributed by atoms with Gasteiger partial charge >= 0.3 is 0 Å². The molecular formula is C107H82Br5N13O12S4. The molecular weight excluding hydrogens is 2190 g/mol. The number of imide groups is 1. The minimum atomic E-state index is -0.576. The number of benzene rings is 12. The van der Waals surface area contributed by atoms with Crippen molar-refractivity contribution in [1.82, 2.24) is 44.4 Å². The number of aromatic amines is 4. The average Bonchev–Trinajstić information content (AvgIpc) is 1.57. The summed E-state index contributed by atoms with van der Waals surface area (Å²) < 4.78 is 31.7. The number of nitrogens with zero attached hydrogens (tertiary/aromatic N) is 9. The number of H-pyrrole nitrogens is 4. The van der Waals surface area contributed by atoms with Crippen molar-refractivity contribution in [2.45, 2.75) is 80.9 Å². The molecule has 8 unspecified atom stereocenters. The zero-order valence-corrected chi connectivity index (χ0v) is 87.0. The van der Waals surface area contributed by atoms with Gasteiger partial charge in [-0.15, -0.1) is 0 Å². The second-order valence-electron chi connectivity index (χ2n) is 34.9. The van der Waals surface area contributed by atoms with Crippen LogP contribution in [-0.4, -0.2) is 159 Å². The topological polar surface area (TPSA) is 264 Å². The number of fused-ring (bicyclic) bond motifs is 16. The molecule has 16 aromatic rings. The first-order valence-corrected chi connectivity index (χ1v) is 50.5. The number of carbonyl (C=O) groups is 5. The number of anilines is 3. The van der Waals surface area contributed by atoms with Crippen LogP contribution in [0.1, 0.15) is 107 Å². The van der Waals surface area contributed by atoms with Crippen molar-refractivity contribution in [3.63, 3.8) is 0 Å². The smallest absolute Gasteiger partial charge is 0.269 e. The largest absolute Gasteiger partial charge is 0.497 e. The number of thiocarbonyl (C=S) groups is 4. The number of carbonyl (C=O) groups excluding carboxylic acids is 5. The van der Waals surface area contributed by atoms with Crippen molar-refractivity contribution in [3.8, 4) is 28.7 Å². The number of rotatable bonds is 14. The Balaban J connectivity index is 0.000000111. The first-order valence-electron chi connectivity index (χ1n) is 44.9. The predicted octanol–water partition coefficient (Wildman–Crippen LogP) is 23.0. The van der Waals surface area contributed by atoms with Gasteiger partial charge in [-0.25, -0.2) is 4.90 Å². The Morgan fingerprint density at radius 2 is 0.667 bits per heavy atom. The lowest BCUT2D eigenvalue weighted by Gasteiger charge is -2.37. The highest BCUT2D eigenvalue weighted by Crippen LogP contribution is 2.53. The zero-order valence-electron chi connectivity index (χ0n) is 75.8. The highest BCUT2D eigenvalue weighted by atomic mass is 79.9. The first-order chi connectivity index (χ1) is 68.2. The molecule has 141 heavy (non-hydrogen) atoms. The fourth-order valence-corrected chi connectivity index (χ4v) is 24.4. The number of hydrogen-bond acceptors (Lipinski definition) is 16. The number of nitro groups is 1. The molecule has 12 aromatic carbocycles. The third-order valence-corrected chi connectivity index (χ3v) is 31.4. The van der Waals surface area contributed by atoms with E-state index in [-0.39, 0.29) is 64.6 Å². The van der Waals surface area contributed by atoms with E-state index in [9.17, 15) is 34.1 Å². The molecule has 4 saturated heterocycles. The molecule has 0 radical (unpaired) electrons. The third-order valence-electron chi connectivity index (χ3n) is 27.4. The van der Waals surface area contributed by atoms with E-state index in [1.165, 1.54) is 17.0 Å². The summed E-state index contributed by atoms with van der Waals surface area (Å²) in [5, 5.41) is 17.1. The van der Waals surface area contributed by atoms with Gasteiger partial charge in [-0.05, 0) is 288 Å². The Hall–Kier alpha value is -13.3. The summed E-state index contributed by atoms with van der Waals surface area (Å²) >= 11 is 41.6. The van der Waals surface area contributed by atoms with Gasteiger partial charge in [0.25, 0.3) is 35.2 Å². The van der Waals surface area contributed by atoms with E-state index in [2.05, 4.69) is 146 Å². The van der Waals surface area contributed by atoms with Crippen molar-refractivity contribution < 1.29 is 52.6 Å². The third kappa shape index (κ3) is 16.5. The monoisotopic (exact) mass is 2260 g/mol. The Morgan fingerprint density at radius 3 is 1.01 bits per heavy atom. The summed E-state index contributed by atoms with van der Waals surface area (Å²) in [6.07, 6.45) is 2.10. The van der Waals surface area contributed by atoms with Gasteiger partial charge in [-0.1, -0.05) is 152 Å². The lowest BCUT2D eigenvalue weighted by Crippen LogP contribution is -2.44. The van der Waals surface area contributed by atoms with Gasteiger partial charge in [0.15, 0.2) is 20.4 Å². The maximum absolute atomic E-state index is 14.0. The number of halogens is 5. The molecule has 8 aliphatic rings. The Bertz CT molecular complexity index is 7890. The highest BCUT2D eigenvalue weighted by Gasteiger charge is 2.57. The summed E-state index contributed by atoms with van der Waals surface area (Å²) in [5.74, 6) is 2.92. The van der Waals surface area contributed by atoms with Crippen molar-refractivity contribution in [2.75, 3.05) is 50.2 Å². The minimum absolute atomic E-state index is 0.00314. The molecule has 4 fully saturated rings.